The lowest BCUT2D eigenvalue weighted by Gasteiger charge is -1.98. The molecule has 15 heavy (non-hydrogen) atoms. The molecule has 0 bridgehead atoms. The van der Waals surface area contributed by atoms with E-state index in [1.807, 2.05) is 30.3 Å². The van der Waals surface area contributed by atoms with Gasteiger partial charge in [0.15, 0.2) is 5.76 Å². The summed E-state index contributed by atoms with van der Waals surface area (Å²) in [6.45, 7) is 3.59. The average molecular weight is 200 g/mol. The molecule has 2 rings (SSSR count). The monoisotopic (exact) mass is 200 g/mol. The summed E-state index contributed by atoms with van der Waals surface area (Å²) in [7, 11) is 0. The van der Waals surface area contributed by atoms with E-state index in [9.17, 15) is 0 Å². The van der Waals surface area contributed by atoms with Crippen molar-refractivity contribution < 1.29 is 4.42 Å². The summed E-state index contributed by atoms with van der Waals surface area (Å²) in [6.07, 6.45) is 3.27. The van der Waals surface area contributed by atoms with Crippen molar-refractivity contribution in [1.82, 2.24) is 4.98 Å². The summed E-state index contributed by atoms with van der Waals surface area (Å²) in [5.41, 5.74) is 6.70. The Morgan fingerprint density at radius 1 is 1.33 bits per heavy atom. The lowest BCUT2D eigenvalue weighted by Crippen LogP contribution is -2.06. The highest BCUT2D eigenvalue weighted by Gasteiger charge is 2.09. The SMILES string of the molecule is C=CC(N)c1ncc(-c2ccccc2)o1. The van der Waals surface area contributed by atoms with Gasteiger partial charge in [0.05, 0.1) is 6.20 Å². The number of rotatable bonds is 3. The minimum atomic E-state index is -0.345. The minimum Gasteiger partial charge on any atom is -0.439 e. The Balaban J connectivity index is 2.32. The van der Waals surface area contributed by atoms with Crippen molar-refractivity contribution in [2.24, 2.45) is 5.73 Å². The molecule has 0 amide bonds. The van der Waals surface area contributed by atoms with E-state index in [-0.39, 0.29) is 6.04 Å². The Kier molecular flexibility index (Phi) is 2.65. The summed E-state index contributed by atoms with van der Waals surface area (Å²) >= 11 is 0. The molecule has 3 heteroatoms. The molecular formula is C12H12N2O. The standard InChI is InChI=1S/C12H12N2O/c1-2-10(13)12-14-8-11(15-12)9-6-4-3-5-7-9/h2-8,10H,1,13H2. The number of nitrogens with zero attached hydrogens (tertiary/aromatic N) is 1. The summed E-state index contributed by atoms with van der Waals surface area (Å²) in [5, 5.41) is 0. The summed E-state index contributed by atoms with van der Waals surface area (Å²) < 4.78 is 5.52. The van der Waals surface area contributed by atoms with E-state index in [2.05, 4.69) is 11.6 Å². The van der Waals surface area contributed by atoms with Crippen LogP contribution in [0.3, 0.4) is 0 Å². The largest absolute Gasteiger partial charge is 0.439 e. The highest BCUT2D eigenvalue weighted by atomic mass is 16.4. The lowest BCUT2D eigenvalue weighted by atomic mass is 10.2. The third kappa shape index (κ3) is 1.97. The molecule has 76 valence electrons. The number of oxazole rings is 1. The molecule has 1 aromatic carbocycles. The van der Waals surface area contributed by atoms with Crippen molar-refractivity contribution >= 4 is 0 Å². The fourth-order valence-electron chi connectivity index (χ4n) is 1.28. The van der Waals surface area contributed by atoms with Gasteiger partial charge in [-0.05, 0) is 0 Å². The van der Waals surface area contributed by atoms with Gasteiger partial charge in [0.2, 0.25) is 5.89 Å². The van der Waals surface area contributed by atoms with Gasteiger partial charge >= 0.3 is 0 Å². The van der Waals surface area contributed by atoms with Crippen LogP contribution in [-0.4, -0.2) is 4.98 Å². The molecule has 2 N–H and O–H groups in total. The molecule has 1 atom stereocenters. The van der Waals surface area contributed by atoms with Crippen LogP contribution in [0.1, 0.15) is 11.9 Å². The number of hydrogen-bond acceptors (Lipinski definition) is 3. The molecule has 0 aliphatic carbocycles. The first-order chi connectivity index (χ1) is 7.31. The lowest BCUT2D eigenvalue weighted by molar-refractivity contribution is 0.489. The van der Waals surface area contributed by atoms with E-state index >= 15 is 0 Å². The van der Waals surface area contributed by atoms with Crippen molar-refractivity contribution in [3.05, 3.63) is 55.1 Å². The van der Waals surface area contributed by atoms with E-state index in [0.717, 1.165) is 11.3 Å². The van der Waals surface area contributed by atoms with Crippen molar-refractivity contribution in [1.29, 1.82) is 0 Å². The predicted octanol–water partition coefficient (Wildman–Crippen LogP) is 2.53. The first-order valence-electron chi connectivity index (χ1n) is 4.70. The Morgan fingerprint density at radius 2 is 2.07 bits per heavy atom. The zero-order chi connectivity index (χ0) is 10.7. The van der Waals surface area contributed by atoms with Crippen molar-refractivity contribution in [2.75, 3.05) is 0 Å². The Bertz CT molecular complexity index is 448. The molecule has 0 aliphatic heterocycles. The summed E-state index contributed by atoms with van der Waals surface area (Å²) in [4.78, 5) is 4.10. The van der Waals surface area contributed by atoms with E-state index in [1.54, 1.807) is 12.3 Å². The van der Waals surface area contributed by atoms with Gasteiger partial charge in [0.1, 0.15) is 6.04 Å². The van der Waals surface area contributed by atoms with Crippen LogP contribution in [0.25, 0.3) is 11.3 Å². The van der Waals surface area contributed by atoms with Crippen LogP contribution in [0.5, 0.6) is 0 Å². The quantitative estimate of drug-likeness (QED) is 0.774. The maximum atomic E-state index is 5.71. The second-order valence-electron chi connectivity index (χ2n) is 3.19. The molecule has 0 aliphatic rings. The highest BCUT2D eigenvalue weighted by Crippen LogP contribution is 2.22. The molecule has 0 fully saturated rings. The summed E-state index contributed by atoms with van der Waals surface area (Å²) in [6, 6.07) is 9.43. The van der Waals surface area contributed by atoms with E-state index < -0.39 is 0 Å². The number of aromatic nitrogens is 1. The molecule has 1 heterocycles. The van der Waals surface area contributed by atoms with Crippen molar-refractivity contribution in [3.8, 4) is 11.3 Å². The molecular weight excluding hydrogens is 188 g/mol. The molecule has 1 unspecified atom stereocenters. The smallest absolute Gasteiger partial charge is 0.215 e. The Morgan fingerprint density at radius 3 is 2.73 bits per heavy atom. The van der Waals surface area contributed by atoms with Gasteiger partial charge < -0.3 is 10.2 Å². The molecule has 2 aromatic rings. The predicted molar refractivity (Wildman–Crippen MR) is 59.1 cm³/mol. The molecule has 0 saturated carbocycles. The minimum absolute atomic E-state index is 0.345. The van der Waals surface area contributed by atoms with Gasteiger partial charge in [-0.15, -0.1) is 6.58 Å². The maximum absolute atomic E-state index is 5.71. The molecule has 1 aromatic heterocycles. The van der Waals surface area contributed by atoms with Crippen LogP contribution >= 0.6 is 0 Å². The highest BCUT2D eigenvalue weighted by molar-refractivity contribution is 5.55. The summed E-state index contributed by atoms with van der Waals surface area (Å²) in [5.74, 6) is 1.21. The van der Waals surface area contributed by atoms with Crippen LogP contribution in [0.2, 0.25) is 0 Å². The zero-order valence-corrected chi connectivity index (χ0v) is 8.26. The van der Waals surface area contributed by atoms with Crippen LogP contribution in [0, 0.1) is 0 Å². The first-order valence-corrected chi connectivity index (χ1v) is 4.70. The second kappa shape index (κ2) is 4.11. The third-order valence-electron chi connectivity index (χ3n) is 2.12. The van der Waals surface area contributed by atoms with Crippen molar-refractivity contribution in [2.45, 2.75) is 6.04 Å². The number of hydrogen-bond donors (Lipinski definition) is 1. The topological polar surface area (TPSA) is 52.0 Å². The third-order valence-corrected chi connectivity index (χ3v) is 2.12. The Labute approximate surface area is 88.2 Å². The fourth-order valence-corrected chi connectivity index (χ4v) is 1.28. The van der Waals surface area contributed by atoms with Crippen LogP contribution in [-0.2, 0) is 0 Å². The van der Waals surface area contributed by atoms with Gasteiger partial charge in [-0.2, -0.15) is 0 Å². The fraction of sp³-hybridized carbons (Fsp3) is 0.0833. The number of nitrogens with two attached hydrogens (primary N) is 1. The molecule has 0 spiro atoms. The van der Waals surface area contributed by atoms with Gasteiger partial charge in [-0.3, -0.25) is 0 Å². The van der Waals surface area contributed by atoms with E-state index in [1.165, 1.54) is 0 Å². The van der Waals surface area contributed by atoms with Gasteiger partial charge in [-0.1, -0.05) is 36.4 Å². The molecule has 3 nitrogen and oxygen atoms in total. The van der Waals surface area contributed by atoms with Crippen LogP contribution < -0.4 is 5.73 Å². The van der Waals surface area contributed by atoms with Crippen LogP contribution in [0.15, 0.2) is 53.6 Å². The van der Waals surface area contributed by atoms with Gasteiger partial charge in [0.25, 0.3) is 0 Å². The normalized spacial score (nSPS) is 12.3. The molecule has 0 saturated heterocycles. The van der Waals surface area contributed by atoms with Gasteiger partial charge in [-0.25, -0.2) is 4.98 Å². The molecule has 0 radical (unpaired) electrons. The van der Waals surface area contributed by atoms with Crippen molar-refractivity contribution in [3.63, 3.8) is 0 Å². The maximum Gasteiger partial charge on any atom is 0.215 e. The van der Waals surface area contributed by atoms with E-state index in [4.69, 9.17) is 10.2 Å². The second-order valence-corrected chi connectivity index (χ2v) is 3.19. The first kappa shape index (κ1) is 9.68. The average Bonchev–Trinajstić information content (AvgIpc) is 2.78. The zero-order valence-electron chi connectivity index (χ0n) is 8.26. The van der Waals surface area contributed by atoms with Gasteiger partial charge in [0, 0.05) is 5.56 Å². The number of benzene rings is 1. The Hall–Kier alpha value is -1.87. The van der Waals surface area contributed by atoms with Crippen LogP contribution in [0.4, 0.5) is 0 Å². The van der Waals surface area contributed by atoms with E-state index in [0.29, 0.717) is 5.89 Å².